The predicted molar refractivity (Wildman–Crippen MR) is 110 cm³/mol. The summed E-state index contributed by atoms with van der Waals surface area (Å²) >= 11 is 0. The van der Waals surface area contributed by atoms with Gasteiger partial charge in [-0.25, -0.2) is 9.78 Å². The van der Waals surface area contributed by atoms with Crippen LogP contribution in [-0.4, -0.2) is 63.6 Å². The van der Waals surface area contributed by atoms with Crippen LogP contribution in [0.25, 0.3) is 16.7 Å². The molecule has 2 amide bonds. The summed E-state index contributed by atoms with van der Waals surface area (Å²) in [5.41, 5.74) is 3.55. The number of nitrogens with zero attached hydrogens (tertiary/aromatic N) is 4. The molecule has 0 radical (unpaired) electrons. The lowest BCUT2D eigenvalue weighted by molar-refractivity contribution is 0.0476. The summed E-state index contributed by atoms with van der Waals surface area (Å²) < 4.78 is 7.23. The van der Waals surface area contributed by atoms with E-state index in [2.05, 4.69) is 4.98 Å². The number of hydrogen-bond acceptors (Lipinski definition) is 4. The van der Waals surface area contributed by atoms with Gasteiger partial charge in [0.2, 0.25) is 0 Å². The minimum atomic E-state index is -0.316. The molecule has 7 heteroatoms. The quantitative estimate of drug-likeness (QED) is 0.686. The highest BCUT2D eigenvalue weighted by Gasteiger charge is 2.26. The third-order valence-corrected chi connectivity index (χ3v) is 5.01. The van der Waals surface area contributed by atoms with Gasteiger partial charge >= 0.3 is 6.09 Å². The molecule has 2 heterocycles. The summed E-state index contributed by atoms with van der Waals surface area (Å²) in [6.07, 6.45) is 1.33. The molecule has 0 bridgehead atoms. The fourth-order valence-electron chi connectivity index (χ4n) is 3.48. The first-order valence-electron chi connectivity index (χ1n) is 9.80. The van der Waals surface area contributed by atoms with Crippen molar-refractivity contribution in [3.63, 3.8) is 0 Å². The Hall–Kier alpha value is -3.35. The average molecular weight is 392 g/mol. The number of para-hydroxylation sites is 2. The van der Waals surface area contributed by atoms with Gasteiger partial charge in [0, 0.05) is 37.4 Å². The van der Waals surface area contributed by atoms with Crippen molar-refractivity contribution >= 4 is 23.0 Å². The van der Waals surface area contributed by atoms with E-state index in [0.717, 1.165) is 16.7 Å². The first-order chi connectivity index (χ1) is 14.0. The van der Waals surface area contributed by atoms with Crippen molar-refractivity contribution in [3.05, 3.63) is 60.4 Å². The van der Waals surface area contributed by atoms with Crippen LogP contribution in [0.1, 0.15) is 24.2 Å². The fraction of sp³-hybridized carbons (Fsp3) is 0.318. The molecule has 0 atom stereocenters. The molecular weight excluding hydrogens is 368 g/mol. The van der Waals surface area contributed by atoms with Crippen molar-refractivity contribution in [2.75, 3.05) is 26.2 Å². The van der Waals surface area contributed by atoms with Gasteiger partial charge in [-0.2, -0.15) is 0 Å². The molecule has 1 saturated heterocycles. The predicted octanol–water partition coefficient (Wildman–Crippen LogP) is 3.33. The molecule has 0 spiro atoms. The summed E-state index contributed by atoms with van der Waals surface area (Å²) in [7, 11) is 0. The number of aromatic nitrogens is 2. The van der Waals surface area contributed by atoms with E-state index in [4.69, 9.17) is 4.74 Å². The molecule has 3 aromatic rings. The molecule has 1 aromatic heterocycles. The largest absolute Gasteiger partial charge is 0.447 e. The van der Waals surface area contributed by atoms with Crippen LogP contribution >= 0.6 is 0 Å². The Morgan fingerprint density at radius 2 is 1.59 bits per heavy atom. The van der Waals surface area contributed by atoms with Crippen molar-refractivity contribution in [1.29, 1.82) is 0 Å². The molecule has 1 aliphatic rings. The zero-order chi connectivity index (χ0) is 20.4. The number of fused-ring (bicyclic) bond motifs is 1. The lowest BCUT2D eigenvalue weighted by Gasteiger charge is -2.34. The van der Waals surface area contributed by atoms with E-state index < -0.39 is 0 Å². The molecule has 7 nitrogen and oxygen atoms in total. The number of benzene rings is 2. The summed E-state index contributed by atoms with van der Waals surface area (Å²) in [6.45, 7) is 5.62. The number of hydrogen-bond donors (Lipinski definition) is 0. The van der Waals surface area contributed by atoms with Crippen molar-refractivity contribution in [3.8, 4) is 5.69 Å². The lowest BCUT2D eigenvalue weighted by Crippen LogP contribution is -2.51. The Morgan fingerprint density at radius 1 is 0.931 bits per heavy atom. The van der Waals surface area contributed by atoms with Crippen molar-refractivity contribution in [1.82, 2.24) is 19.4 Å². The first kappa shape index (κ1) is 19.0. The summed E-state index contributed by atoms with van der Waals surface area (Å²) in [5.74, 6) is -0.0242. The van der Waals surface area contributed by atoms with E-state index in [1.807, 2.05) is 66.9 Å². The van der Waals surface area contributed by atoms with E-state index in [9.17, 15) is 9.59 Å². The lowest BCUT2D eigenvalue weighted by atomic mass is 10.1. The van der Waals surface area contributed by atoms with Crippen LogP contribution < -0.4 is 0 Å². The summed E-state index contributed by atoms with van der Waals surface area (Å²) in [4.78, 5) is 32.7. The molecule has 0 N–H and O–H groups in total. The number of piperazine rings is 1. The number of carbonyl (C=O) groups excluding carboxylic acids is 2. The smallest absolute Gasteiger partial charge is 0.410 e. The second-order valence-electron chi connectivity index (χ2n) is 7.36. The van der Waals surface area contributed by atoms with E-state index in [1.165, 1.54) is 0 Å². The highest BCUT2D eigenvalue weighted by molar-refractivity contribution is 5.94. The van der Waals surface area contributed by atoms with Gasteiger partial charge in [0.1, 0.15) is 6.33 Å². The third-order valence-electron chi connectivity index (χ3n) is 5.01. The SMILES string of the molecule is CC(C)OC(=O)N1CCN(C(=O)c2ccc(-n3cnc4ccccc43)cc2)CC1. The summed E-state index contributed by atoms with van der Waals surface area (Å²) in [5, 5.41) is 0. The second-order valence-corrected chi connectivity index (χ2v) is 7.36. The van der Waals surface area contributed by atoms with E-state index in [1.54, 1.807) is 16.1 Å². The third kappa shape index (κ3) is 3.94. The highest BCUT2D eigenvalue weighted by Crippen LogP contribution is 2.19. The van der Waals surface area contributed by atoms with E-state index in [-0.39, 0.29) is 18.1 Å². The Labute approximate surface area is 169 Å². The van der Waals surface area contributed by atoms with E-state index in [0.29, 0.717) is 31.7 Å². The van der Waals surface area contributed by atoms with Gasteiger partial charge in [0.15, 0.2) is 0 Å². The number of carbonyl (C=O) groups is 2. The van der Waals surface area contributed by atoms with Gasteiger partial charge in [-0.05, 0) is 50.2 Å². The molecule has 0 saturated carbocycles. The Kier molecular flexibility index (Phi) is 5.20. The Balaban J connectivity index is 1.42. The molecule has 2 aromatic carbocycles. The molecular formula is C22H24N4O3. The molecule has 1 aliphatic heterocycles. The van der Waals surface area contributed by atoms with Crippen LogP contribution in [0.15, 0.2) is 54.9 Å². The van der Waals surface area contributed by atoms with Gasteiger partial charge in [-0.15, -0.1) is 0 Å². The molecule has 0 unspecified atom stereocenters. The molecule has 4 rings (SSSR count). The minimum absolute atomic E-state index is 0.0242. The van der Waals surface area contributed by atoms with Crippen LogP contribution in [0.2, 0.25) is 0 Å². The maximum atomic E-state index is 12.8. The maximum Gasteiger partial charge on any atom is 0.410 e. The normalized spacial score (nSPS) is 14.4. The molecule has 1 fully saturated rings. The Bertz CT molecular complexity index is 1020. The minimum Gasteiger partial charge on any atom is -0.447 e. The van der Waals surface area contributed by atoms with Gasteiger partial charge in [0.25, 0.3) is 5.91 Å². The second kappa shape index (κ2) is 7.95. The number of amides is 2. The van der Waals surface area contributed by atoms with Gasteiger partial charge in [0.05, 0.1) is 17.1 Å². The van der Waals surface area contributed by atoms with Gasteiger partial charge in [-0.3, -0.25) is 9.36 Å². The average Bonchev–Trinajstić information content (AvgIpc) is 3.17. The van der Waals surface area contributed by atoms with Gasteiger partial charge in [-0.1, -0.05) is 12.1 Å². The summed E-state index contributed by atoms with van der Waals surface area (Å²) in [6, 6.07) is 15.5. The van der Waals surface area contributed by atoms with Gasteiger partial charge < -0.3 is 14.5 Å². The van der Waals surface area contributed by atoms with Crippen molar-refractivity contribution in [2.45, 2.75) is 20.0 Å². The zero-order valence-corrected chi connectivity index (χ0v) is 16.6. The van der Waals surface area contributed by atoms with Crippen LogP contribution in [-0.2, 0) is 4.74 Å². The van der Waals surface area contributed by atoms with E-state index >= 15 is 0 Å². The zero-order valence-electron chi connectivity index (χ0n) is 16.6. The standard InChI is InChI=1S/C22H24N4O3/c1-16(2)29-22(28)25-13-11-24(12-14-25)21(27)17-7-9-18(10-8-17)26-15-23-19-5-3-4-6-20(19)26/h3-10,15-16H,11-14H2,1-2H3. The topological polar surface area (TPSA) is 67.7 Å². The van der Waals surface area contributed by atoms with Crippen molar-refractivity contribution in [2.24, 2.45) is 0 Å². The van der Waals surface area contributed by atoms with Crippen LogP contribution in [0.5, 0.6) is 0 Å². The highest BCUT2D eigenvalue weighted by atomic mass is 16.6. The maximum absolute atomic E-state index is 12.8. The van der Waals surface area contributed by atoms with Crippen LogP contribution in [0.4, 0.5) is 4.79 Å². The number of ether oxygens (including phenoxy) is 1. The first-order valence-corrected chi connectivity index (χ1v) is 9.80. The fourth-order valence-corrected chi connectivity index (χ4v) is 3.48. The van der Waals surface area contributed by atoms with Crippen LogP contribution in [0.3, 0.4) is 0 Å². The number of rotatable bonds is 3. The number of imidazole rings is 1. The molecule has 29 heavy (non-hydrogen) atoms. The molecule has 0 aliphatic carbocycles. The molecule has 150 valence electrons. The Morgan fingerprint density at radius 3 is 2.28 bits per heavy atom. The van der Waals surface area contributed by atoms with Crippen molar-refractivity contribution < 1.29 is 14.3 Å². The van der Waals surface area contributed by atoms with Crippen LogP contribution in [0, 0.1) is 0 Å². The monoisotopic (exact) mass is 392 g/mol.